The summed E-state index contributed by atoms with van der Waals surface area (Å²) in [4.78, 5) is 10.7. The zero-order chi connectivity index (χ0) is 17.5. The number of allylic oxidation sites excluding steroid dienone is 5. The number of aryl methyl sites for hydroxylation is 1. The molecule has 0 spiro atoms. The Balaban J connectivity index is 1.86. The molecule has 0 aliphatic heterocycles. The largest absolute Gasteiger partial charge is 0.481 e. The molecule has 0 bridgehead atoms. The van der Waals surface area contributed by atoms with Gasteiger partial charge in [-0.1, -0.05) is 60.7 Å². The lowest BCUT2D eigenvalue weighted by Gasteiger charge is -2.13. The van der Waals surface area contributed by atoms with Crippen molar-refractivity contribution in [1.82, 2.24) is 0 Å². The second-order valence-electron chi connectivity index (χ2n) is 5.84. The quantitative estimate of drug-likeness (QED) is 0.809. The number of carbonyl (C=O) groups is 1. The Morgan fingerprint density at radius 3 is 2.48 bits per heavy atom. The topological polar surface area (TPSA) is 46.5 Å². The van der Waals surface area contributed by atoms with E-state index < -0.39 is 5.97 Å². The van der Waals surface area contributed by atoms with Gasteiger partial charge in [0, 0.05) is 12.0 Å². The lowest BCUT2D eigenvalue weighted by molar-refractivity contribution is -0.136. The van der Waals surface area contributed by atoms with Crippen molar-refractivity contribution in [1.29, 1.82) is 0 Å². The molecule has 0 saturated heterocycles. The van der Waals surface area contributed by atoms with Gasteiger partial charge in [0.2, 0.25) is 0 Å². The van der Waals surface area contributed by atoms with Crippen molar-refractivity contribution in [2.45, 2.75) is 19.3 Å². The molecule has 0 amide bonds. The molecule has 1 aliphatic rings. The maximum absolute atomic E-state index is 10.7. The molecule has 0 atom stereocenters. The normalized spacial score (nSPS) is 13.6. The van der Waals surface area contributed by atoms with Gasteiger partial charge < -0.3 is 9.84 Å². The lowest BCUT2D eigenvalue weighted by Crippen LogP contribution is -1.99. The summed E-state index contributed by atoms with van der Waals surface area (Å²) in [5, 5.41) is 8.80. The highest BCUT2D eigenvalue weighted by atomic mass is 16.5. The van der Waals surface area contributed by atoms with Crippen LogP contribution in [0.3, 0.4) is 0 Å². The van der Waals surface area contributed by atoms with Crippen LogP contribution in [-0.4, -0.2) is 11.1 Å². The highest BCUT2D eigenvalue weighted by Gasteiger charge is 2.11. The monoisotopic (exact) mass is 332 g/mol. The second kappa shape index (κ2) is 8.15. The Kier molecular flexibility index (Phi) is 5.47. The van der Waals surface area contributed by atoms with Crippen molar-refractivity contribution in [3.63, 3.8) is 0 Å². The molecule has 3 heteroatoms. The highest BCUT2D eigenvalue weighted by molar-refractivity contribution is 5.72. The summed E-state index contributed by atoms with van der Waals surface area (Å²) in [5.41, 5.74) is 3.22. The Bertz CT molecular complexity index is 812. The van der Waals surface area contributed by atoms with Crippen molar-refractivity contribution in [3.8, 4) is 5.75 Å². The molecule has 0 aromatic heterocycles. The molecule has 126 valence electrons. The first-order chi connectivity index (χ1) is 12.2. The summed E-state index contributed by atoms with van der Waals surface area (Å²) in [7, 11) is 0. The molecule has 0 radical (unpaired) electrons. The van der Waals surface area contributed by atoms with E-state index in [4.69, 9.17) is 9.84 Å². The van der Waals surface area contributed by atoms with Crippen molar-refractivity contribution >= 4 is 11.5 Å². The van der Waals surface area contributed by atoms with Crippen LogP contribution in [0.2, 0.25) is 0 Å². The predicted octanol–water partition coefficient (Wildman–Crippen LogP) is 5.01. The number of benzene rings is 2. The highest BCUT2D eigenvalue weighted by Crippen LogP contribution is 2.28. The Hall–Kier alpha value is -3.07. The molecule has 0 heterocycles. The minimum absolute atomic E-state index is 0.149. The average molecular weight is 332 g/mol. The predicted molar refractivity (Wildman–Crippen MR) is 99.3 cm³/mol. The van der Waals surface area contributed by atoms with E-state index in [1.807, 2.05) is 72.8 Å². The van der Waals surface area contributed by atoms with E-state index in [1.54, 1.807) is 0 Å². The van der Waals surface area contributed by atoms with Gasteiger partial charge in [-0.15, -0.1) is 0 Å². The molecular formula is C22H20O3. The van der Waals surface area contributed by atoms with Gasteiger partial charge in [-0.05, 0) is 42.2 Å². The molecule has 25 heavy (non-hydrogen) atoms. The molecule has 1 N–H and O–H groups in total. The van der Waals surface area contributed by atoms with Gasteiger partial charge in [-0.3, -0.25) is 4.79 Å². The Morgan fingerprint density at radius 1 is 1.00 bits per heavy atom. The van der Waals surface area contributed by atoms with E-state index >= 15 is 0 Å². The SMILES string of the molecule is O=C(O)CCc1ccc(C2=C(Oc3ccccc3)C=CC=CC2)cc1. The first-order valence-corrected chi connectivity index (χ1v) is 8.33. The average Bonchev–Trinajstić information content (AvgIpc) is 2.87. The smallest absolute Gasteiger partial charge is 0.303 e. The third-order valence-electron chi connectivity index (χ3n) is 4.02. The Labute approximate surface area is 147 Å². The zero-order valence-electron chi connectivity index (χ0n) is 13.9. The first-order valence-electron chi connectivity index (χ1n) is 8.33. The minimum atomic E-state index is -0.774. The number of ether oxygens (including phenoxy) is 1. The van der Waals surface area contributed by atoms with Crippen LogP contribution >= 0.6 is 0 Å². The van der Waals surface area contributed by atoms with E-state index in [-0.39, 0.29) is 6.42 Å². The molecule has 3 rings (SSSR count). The zero-order valence-corrected chi connectivity index (χ0v) is 13.9. The summed E-state index contributed by atoms with van der Waals surface area (Å²) in [5.74, 6) is 0.860. The number of rotatable bonds is 6. The summed E-state index contributed by atoms with van der Waals surface area (Å²) < 4.78 is 6.09. The summed E-state index contributed by atoms with van der Waals surface area (Å²) in [6.45, 7) is 0. The number of carboxylic acid groups (broad SMARTS) is 1. The van der Waals surface area contributed by atoms with Gasteiger partial charge in [0.25, 0.3) is 0 Å². The molecule has 0 saturated carbocycles. The van der Waals surface area contributed by atoms with E-state index in [9.17, 15) is 4.79 Å². The maximum Gasteiger partial charge on any atom is 0.303 e. The fraction of sp³-hybridized carbons (Fsp3) is 0.136. The molecule has 2 aromatic rings. The van der Waals surface area contributed by atoms with Crippen LogP contribution in [0.5, 0.6) is 5.75 Å². The molecule has 2 aromatic carbocycles. The fourth-order valence-corrected chi connectivity index (χ4v) is 2.70. The van der Waals surface area contributed by atoms with Crippen LogP contribution in [0, 0.1) is 0 Å². The van der Waals surface area contributed by atoms with Gasteiger partial charge in [0.15, 0.2) is 0 Å². The minimum Gasteiger partial charge on any atom is -0.481 e. The van der Waals surface area contributed by atoms with Crippen LogP contribution in [0.25, 0.3) is 5.57 Å². The molecular weight excluding hydrogens is 312 g/mol. The fourth-order valence-electron chi connectivity index (χ4n) is 2.70. The van der Waals surface area contributed by atoms with Crippen molar-refractivity contribution < 1.29 is 14.6 Å². The van der Waals surface area contributed by atoms with Crippen LogP contribution in [0.1, 0.15) is 24.0 Å². The molecule has 1 aliphatic carbocycles. The first kappa shape index (κ1) is 16.8. The van der Waals surface area contributed by atoms with Gasteiger partial charge in [-0.2, -0.15) is 0 Å². The van der Waals surface area contributed by atoms with Gasteiger partial charge in [0.05, 0.1) is 0 Å². The van der Waals surface area contributed by atoms with Crippen molar-refractivity contribution in [2.24, 2.45) is 0 Å². The standard InChI is InChI=1S/C22H20O3/c23-22(24)16-13-17-11-14-18(15-12-17)20-9-5-2-6-10-21(20)25-19-7-3-1-4-8-19/h1-8,10-12,14-15H,9,13,16H2,(H,23,24). The lowest BCUT2D eigenvalue weighted by atomic mass is 9.99. The van der Waals surface area contributed by atoms with Gasteiger partial charge in [0.1, 0.15) is 11.5 Å². The molecule has 0 unspecified atom stereocenters. The van der Waals surface area contributed by atoms with Crippen LogP contribution in [-0.2, 0) is 11.2 Å². The molecule has 3 nitrogen and oxygen atoms in total. The number of aliphatic carboxylic acids is 1. The van der Waals surface area contributed by atoms with Crippen molar-refractivity contribution in [3.05, 3.63) is 95.8 Å². The van der Waals surface area contributed by atoms with Crippen LogP contribution < -0.4 is 4.74 Å². The van der Waals surface area contributed by atoms with Gasteiger partial charge in [-0.25, -0.2) is 0 Å². The summed E-state index contributed by atoms with van der Waals surface area (Å²) in [6.07, 6.45) is 9.55. The number of para-hydroxylation sites is 1. The van der Waals surface area contributed by atoms with E-state index in [0.717, 1.165) is 34.6 Å². The third-order valence-corrected chi connectivity index (χ3v) is 4.02. The summed E-state index contributed by atoms with van der Waals surface area (Å²) in [6, 6.07) is 17.8. The van der Waals surface area contributed by atoms with Crippen LogP contribution in [0.15, 0.2) is 84.7 Å². The Morgan fingerprint density at radius 2 is 1.76 bits per heavy atom. The van der Waals surface area contributed by atoms with E-state index in [1.165, 1.54) is 0 Å². The van der Waals surface area contributed by atoms with E-state index in [0.29, 0.717) is 6.42 Å². The number of hydrogen-bond donors (Lipinski definition) is 1. The summed E-state index contributed by atoms with van der Waals surface area (Å²) >= 11 is 0. The van der Waals surface area contributed by atoms with E-state index in [2.05, 4.69) is 6.08 Å². The molecule has 0 fully saturated rings. The third kappa shape index (κ3) is 4.70. The number of carboxylic acids is 1. The van der Waals surface area contributed by atoms with Crippen molar-refractivity contribution in [2.75, 3.05) is 0 Å². The van der Waals surface area contributed by atoms with Gasteiger partial charge >= 0.3 is 5.97 Å². The number of hydrogen-bond acceptors (Lipinski definition) is 2. The maximum atomic E-state index is 10.7. The van der Waals surface area contributed by atoms with Crippen LogP contribution in [0.4, 0.5) is 0 Å². The second-order valence-corrected chi connectivity index (χ2v) is 5.84.